The molecule has 3 rings (SSSR count). The molecule has 0 amide bonds. The molecule has 3 aromatic rings. The van der Waals surface area contributed by atoms with Gasteiger partial charge in [0.25, 0.3) is 10.0 Å². The van der Waals surface area contributed by atoms with Crippen LogP contribution in [-0.2, 0) is 10.0 Å². The Morgan fingerprint density at radius 3 is 1.46 bits per heavy atom. The number of para-hydroxylation sites is 1. The number of anilines is 4. The molecule has 5 nitrogen and oxygen atoms in total. The van der Waals surface area contributed by atoms with E-state index in [9.17, 15) is 8.42 Å². The highest BCUT2D eigenvalue weighted by molar-refractivity contribution is 7.93. The third-order valence-electron chi connectivity index (χ3n) is 4.43. The van der Waals surface area contributed by atoms with Crippen LogP contribution >= 0.6 is 0 Å². The molecule has 0 aliphatic rings. The minimum atomic E-state index is -3.80. The first-order valence-corrected chi connectivity index (χ1v) is 10.4. The molecule has 0 heterocycles. The van der Waals surface area contributed by atoms with E-state index in [2.05, 4.69) is 0 Å². The van der Waals surface area contributed by atoms with E-state index >= 15 is 0 Å². The van der Waals surface area contributed by atoms with Crippen LogP contribution in [0.1, 0.15) is 0 Å². The van der Waals surface area contributed by atoms with Crippen LogP contribution in [0.2, 0.25) is 0 Å². The maximum Gasteiger partial charge on any atom is 0.268 e. The van der Waals surface area contributed by atoms with Crippen LogP contribution < -0.4 is 14.1 Å². The Morgan fingerprint density at radius 2 is 1.00 bits per heavy atom. The normalized spacial score (nSPS) is 11.1. The molecular weight excluding hydrogens is 370 g/mol. The Morgan fingerprint density at radius 1 is 0.571 bits per heavy atom. The fourth-order valence-corrected chi connectivity index (χ4v) is 4.40. The van der Waals surface area contributed by atoms with Gasteiger partial charge in [0.2, 0.25) is 0 Å². The van der Waals surface area contributed by atoms with E-state index in [0.29, 0.717) is 11.4 Å². The topological polar surface area (TPSA) is 43.9 Å². The van der Waals surface area contributed by atoms with Gasteiger partial charge in [-0.3, -0.25) is 0 Å². The van der Waals surface area contributed by atoms with Gasteiger partial charge in [0, 0.05) is 39.6 Å². The first kappa shape index (κ1) is 19.8. The minimum absolute atomic E-state index is 0.250. The first-order valence-electron chi connectivity index (χ1n) is 8.96. The molecule has 6 heteroatoms. The molecule has 0 saturated carbocycles. The quantitative estimate of drug-likeness (QED) is 0.623. The summed E-state index contributed by atoms with van der Waals surface area (Å²) in [4.78, 5) is 4.18. The highest BCUT2D eigenvalue weighted by atomic mass is 32.2. The monoisotopic (exact) mass is 395 g/mol. The van der Waals surface area contributed by atoms with E-state index in [1.54, 1.807) is 36.4 Å². The number of sulfonamides is 1. The third-order valence-corrected chi connectivity index (χ3v) is 6.20. The summed E-state index contributed by atoms with van der Waals surface area (Å²) >= 11 is 0. The van der Waals surface area contributed by atoms with Gasteiger partial charge in [0.1, 0.15) is 0 Å². The predicted molar refractivity (Wildman–Crippen MR) is 117 cm³/mol. The molecule has 3 aromatic carbocycles. The van der Waals surface area contributed by atoms with E-state index in [0.717, 1.165) is 11.4 Å². The molecule has 0 aromatic heterocycles. The summed E-state index contributed by atoms with van der Waals surface area (Å²) < 4.78 is 28.6. The van der Waals surface area contributed by atoms with Gasteiger partial charge >= 0.3 is 0 Å². The fourth-order valence-electron chi connectivity index (χ4n) is 2.90. The zero-order valence-corrected chi connectivity index (χ0v) is 17.4. The smallest absolute Gasteiger partial charge is 0.268 e. The molecule has 0 aliphatic carbocycles. The van der Waals surface area contributed by atoms with Gasteiger partial charge in [-0.15, -0.1) is 0 Å². The van der Waals surface area contributed by atoms with Crippen LogP contribution in [0.25, 0.3) is 0 Å². The molecule has 0 N–H and O–H groups in total. The Hall–Kier alpha value is -2.99. The molecule has 0 fully saturated rings. The van der Waals surface area contributed by atoms with Gasteiger partial charge in [0.05, 0.1) is 16.3 Å². The zero-order valence-electron chi connectivity index (χ0n) is 16.6. The van der Waals surface area contributed by atoms with Crippen LogP contribution in [-0.4, -0.2) is 36.6 Å². The molecule has 0 aliphatic heterocycles. The summed E-state index contributed by atoms with van der Waals surface area (Å²) in [5.74, 6) is 0. The van der Waals surface area contributed by atoms with Crippen molar-refractivity contribution in [1.29, 1.82) is 0 Å². The Kier molecular flexibility index (Phi) is 5.61. The maximum atomic E-state index is 13.6. The summed E-state index contributed by atoms with van der Waals surface area (Å²) in [5, 5.41) is 0. The van der Waals surface area contributed by atoms with Crippen molar-refractivity contribution in [3.05, 3.63) is 78.9 Å². The molecule has 0 bridgehead atoms. The van der Waals surface area contributed by atoms with Gasteiger partial charge in [-0.1, -0.05) is 36.4 Å². The lowest BCUT2D eigenvalue weighted by Gasteiger charge is -2.28. The van der Waals surface area contributed by atoms with Crippen molar-refractivity contribution >= 4 is 32.8 Å². The first-order chi connectivity index (χ1) is 13.3. The highest BCUT2D eigenvalue weighted by Crippen LogP contribution is 2.36. The van der Waals surface area contributed by atoms with Crippen LogP contribution in [0.4, 0.5) is 22.7 Å². The minimum Gasteiger partial charge on any atom is -0.378 e. The van der Waals surface area contributed by atoms with Crippen molar-refractivity contribution in [2.75, 3.05) is 42.3 Å². The zero-order chi connectivity index (χ0) is 20.3. The van der Waals surface area contributed by atoms with Crippen LogP contribution in [0.3, 0.4) is 0 Å². The maximum absolute atomic E-state index is 13.6. The van der Waals surface area contributed by atoms with Crippen molar-refractivity contribution < 1.29 is 8.42 Å². The SMILES string of the molecule is CN(C)c1cc(N(C)C)cc(N(c2ccccc2)S(=O)(=O)c2ccccc2)c1. The molecule has 146 valence electrons. The molecule has 0 saturated heterocycles. The average molecular weight is 396 g/mol. The Balaban J connectivity index is 2.27. The number of benzene rings is 3. The summed E-state index contributed by atoms with van der Waals surface area (Å²) in [6.45, 7) is 0. The summed E-state index contributed by atoms with van der Waals surface area (Å²) in [6.07, 6.45) is 0. The lowest BCUT2D eigenvalue weighted by molar-refractivity contribution is 0.596. The van der Waals surface area contributed by atoms with Gasteiger partial charge in [-0.05, 0) is 42.5 Å². The Bertz CT molecular complexity index is 1010. The standard InChI is InChI=1S/C22H25N3O2S/c1-23(2)19-15-20(24(3)4)17-21(16-19)25(18-11-7-5-8-12-18)28(26,27)22-13-9-6-10-14-22/h5-17H,1-4H3. The summed E-state index contributed by atoms with van der Waals surface area (Å²) in [6, 6.07) is 23.5. The number of hydrogen-bond acceptors (Lipinski definition) is 4. The molecule has 28 heavy (non-hydrogen) atoms. The number of nitrogens with zero attached hydrogens (tertiary/aromatic N) is 3. The second-order valence-corrected chi connectivity index (χ2v) is 8.70. The predicted octanol–water partition coefficient (Wildman–Crippen LogP) is 4.35. The molecule has 0 unspecified atom stereocenters. The van der Waals surface area contributed by atoms with Crippen molar-refractivity contribution in [2.24, 2.45) is 0 Å². The summed E-state index contributed by atoms with van der Waals surface area (Å²) in [5.41, 5.74) is 3.02. The van der Waals surface area contributed by atoms with Gasteiger partial charge in [0.15, 0.2) is 0 Å². The summed E-state index contributed by atoms with van der Waals surface area (Å²) in [7, 11) is 3.97. The molecule has 0 radical (unpaired) electrons. The van der Waals surface area contributed by atoms with Crippen molar-refractivity contribution in [3.63, 3.8) is 0 Å². The third kappa shape index (κ3) is 3.97. The Labute approximate surface area is 167 Å². The molecule has 0 spiro atoms. The average Bonchev–Trinajstić information content (AvgIpc) is 2.69. The second-order valence-electron chi connectivity index (χ2n) is 6.91. The number of hydrogen-bond donors (Lipinski definition) is 0. The van der Waals surface area contributed by atoms with Gasteiger partial charge in [-0.2, -0.15) is 0 Å². The van der Waals surface area contributed by atoms with Crippen molar-refractivity contribution in [3.8, 4) is 0 Å². The molecular formula is C22H25N3O2S. The van der Waals surface area contributed by atoms with Crippen molar-refractivity contribution in [2.45, 2.75) is 4.90 Å². The fraction of sp³-hybridized carbons (Fsp3) is 0.182. The lowest BCUT2D eigenvalue weighted by atomic mass is 10.2. The van der Waals surface area contributed by atoms with E-state index < -0.39 is 10.0 Å². The highest BCUT2D eigenvalue weighted by Gasteiger charge is 2.27. The van der Waals surface area contributed by atoms with Crippen LogP contribution in [0, 0.1) is 0 Å². The van der Waals surface area contributed by atoms with Gasteiger partial charge < -0.3 is 9.80 Å². The van der Waals surface area contributed by atoms with E-state index in [-0.39, 0.29) is 4.90 Å². The van der Waals surface area contributed by atoms with Crippen molar-refractivity contribution in [1.82, 2.24) is 0 Å². The van der Waals surface area contributed by atoms with E-state index in [1.807, 2.05) is 80.5 Å². The largest absolute Gasteiger partial charge is 0.378 e. The van der Waals surface area contributed by atoms with Crippen LogP contribution in [0.15, 0.2) is 83.8 Å². The lowest BCUT2D eigenvalue weighted by Crippen LogP contribution is -2.27. The number of rotatable bonds is 6. The van der Waals surface area contributed by atoms with Gasteiger partial charge in [-0.25, -0.2) is 12.7 Å². The van der Waals surface area contributed by atoms with E-state index in [1.165, 1.54) is 4.31 Å². The second kappa shape index (κ2) is 7.94. The van der Waals surface area contributed by atoms with E-state index in [4.69, 9.17) is 0 Å². The van der Waals surface area contributed by atoms with Crippen LogP contribution in [0.5, 0.6) is 0 Å². The molecule has 0 atom stereocenters.